The van der Waals surface area contributed by atoms with Gasteiger partial charge in [-0.25, -0.2) is 5.01 Å². The fraction of sp³-hybridized carbons (Fsp3) is 0.227. The Kier molecular flexibility index (Phi) is 4.72. The summed E-state index contributed by atoms with van der Waals surface area (Å²) < 4.78 is 18.3. The Morgan fingerprint density at radius 3 is 2.76 bits per heavy atom. The number of thiophene rings is 1. The second-order valence-corrected chi connectivity index (χ2v) is 8.67. The molecule has 2 aliphatic rings. The monoisotopic (exact) mass is 470 g/mol. The van der Waals surface area contributed by atoms with Gasteiger partial charge in [-0.2, -0.15) is 5.10 Å². The van der Waals surface area contributed by atoms with Gasteiger partial charge in [0, 0.05) is 17.5 Å². The summed E-state index contributed by atoms with van der Waals surface area (Å²) in [5.41, 5.74) is 3.21. The number of rotatable bonds is 4. The van der Waals surface area contributed by atoms with E-state index in [1.165, 1.54) is 10.4 Å². The third kappa shape index (κ3) is 3.09. The van der Waals surface area contributed by atoms with Gasteiger partial charge in [-0.3, -0.25) is 0 Å². The van der Waals surface area contributed by atoms with Crippen LogP contribution in [-0.2, 0) is 0 Å². The summed E-state index contributed by atoms with van der Waals surface area (Å²) in [7, 11) is 3.26. The Balaban J connectivity index is 1.62. The van der Waals surface area contributed by atoms with Gasteiger partial charge < -0.3 is 14.2 Å². The summed E-state index contributed by atoms with van der Waals surface area (Å²) in [6.45, 7) is 0. The minimum Gasteiger partial charge on any atom is -0.493 e. The first kappa shape index (κ1) is 18.5. The fourth-order valence-electron chi connectivity index (χ4n) is 3.93. The number of benzene rings is 2. The van der Waals surface area contributed by atoms with E-state index in [-0.39, 0.29) is 12.3 Å². The Morgan fingerprint density at radius 2 is 2.00 bits per heavy atom. The number of nitrogens with zero attached hydrogens (tertiary/aromatic N) is 2. The van der Waals surface area contributed by atoms with Crippen molar-refractivity contribution < 1.29 is 14.2 Å². The lowest BCUT2D eigenvalue weighted by Gasteiger charge is -2.38. The Labute approximate surface area is 181 Å². The second-order valence-electron chi connectivity index (χ2n) is 6.87. The largest absolute Gasteiger partial charge is 0.493 e. The minimum atomic E-state index is -0.358. The van der Waals surface area contributed by atoms with Crippen LogP contribution in [-0.4, -0.2) is 24.9 Å². The molecule has 3 heterocycles. The van der Waals surface area contributed by atoms with Crippen molar-refractivity contribution in [3.63, 3.8) is 0 Å². The smallest absolute Gasteiger partial charge is 0.214 e. The third-order valence-corrected chi connectivity index (χ3v) is 6.75. The van der Waals surface area contributed by atoms with Crippen LogP contribution >= 0.6 is 27.3 Å². The maximum absolute atomic E-state index is 6.43. The molecule has 0 radical (unpaired) electrons. The maximum atomic E-state index is 6.43. The molecule has 0 spiro atoms. The van der Waals surface area contributed by atoms with Gasteiger partial charge in [-0.15, -0.1) is 11.3 Å². The maximum Gasteiger partial charge on any atom is 0.214 e. The van der Waals surface area contributed by atoms with Crippen LogP contribution < -0.4 is 14.2 Å². The van der Waals surface area contributed by atoms with Crippen molar-refractivity contribution in [2.45, 2.75) is 18.7 Å². The molecule has 0 unspecified atom stereocenters. The average molecular weight is 471 g/mol. The molecule has 0 saturated carbocycles. The van der Waals surface area contributed by atoms with Crippen LogP contribution in [0.25, 0.3) is 0 Å². The number of ether oxygens (including phenoxy) is 3. The van der Waals surface area contributed by atoms with Crippen LogP contribution in [0.15, 0.2) is 63.5 Å². The number of fused-ring (bicyclic) bond motifs is 3. The molecule has 0 aliphatic carbocycles. The van der Waals surface area contributed by atoms with Crippen molar-refractivity contribution >= 4 is 33.0 Å². The van der Waals surface area contributed by atoms with Gasteiger partial charge in [0.15, 0.2) is 11.5 Å². The third-order valence-electron chi connectivity index (χ3n) is 5.25. The number of hydrogen-bond donors (Lipinski definition) is 0. The topological polar surface area (TPSA) is 43.3 Å². The van der Waals surface area contributed by atoms with Crippen LogP contribution in [0.1, 0.15) is 34.7 Å². The zero-order valence-corrected chi connectivity index (χ0v) is 18.4. The average Bonchev–Trinajstić information content (AvgIpc) is 3.42. The lowest BCUT2D eigenvalue weighted by Crippen LogP contribution is -2.33. The van der Waals surface area contributed by atoms with E-state index in [0.29, 0.717) is 11.5 Å². The lowest BCUT2D eigenvalue weighted by atomic mass is 9.97. The van der Waals surface area contributed by atoms with Gasteiger partial charge in [0.1, 0.15) is 5.75 Å². The predicted molar refractivity (Wildman–Crippen MR) is 117 cm³/mol. The highest BCUT2D eigenvalue weighted by atomic mass is 79.9. The summed E-state index contributed by atoms with van der Waals surface area (Å²) in [6.07, 6.45) is 0.495. The van der Waals surface area contributed by atoms with E-state index in [9.17, 15) is 0 Å². The molecule has 0 fully saturated rings. The number of methoxy groups -OCH3 is 2. The highest BCUT2D eigenvalue weighted by Gasteiger charge is 2.41. The first-order valence-electron chi connectivity index (χ1n) is 9.26. The summed E-state index contributed by atoms with van der Waals surface area (Å²) >= 11 is 5.32. The summed E-state index contributed by atoms with van der Waals surface area (Å²) in [5, 5.41) is 9.15. The highest BCUT2D eigenvalue weighted by Crippen LogP contribution is 2.49. The molecule has 2 atom stereocenters. The molecule has 2 aromatic carbocycles. The quantitative estimate of drug-likeness (QED) is 0.485. The summed E-state index contributed by atoms with van der Waals surface area (Å²) in [6, 6.07) is 16.5. The molecule has 0 N–H and O–H groups in total. The number of hydrazone groups is 1. The number of halogens is 1. The SMILES string of the molecule is COc1cc([C@@H]2Oc3ccccc3[C@H]3CC(c4cccs4)=NN32)cc(Br)c1OC. The zero-order chi connectivity index (χ0) is 20.0. The van der Waals surface area contributed by atoms with Gasteiger partial charge in [-0.05, 0) is 45.6 Å². The molecule has 148 valence electrons. The Morgan fingerprint density at radius 1 is 1.14 bits per heavy atom. The van der Waals surface area contributed by atoms with Crippen LogP contribution in [0, 0.1) is 0 Å². The van der Waals surface area contributed by atoms with Crippen LogP contribution in [0.5, 0.6) is 17.2 Å². The van der Waals surface area contributed by atoms with E-state index in [1.807, 2.05) is 24.3 Å². The summed E-state index contributed by atoms with van der Waals surface area (Å²) in [4.78, 5) is 1.20. The number of para-hydroxylation sites is 1. The second kappa shape index (κ2) is 7.39. The van der Waals surface area contributed by atoms with Crippen molar-refractivity contribution in [1.29, 1.82) is 0 Å². The zero-order valence-electron chi connectivity index (χ0n) is 16.0. The first-order valence-corrected chi connectivity index (χ1v) is 10.9. The molecule has 7 heteroatoms. The van der Waals surface area contributed by atoms with Crippen molar-refractivity contribution in [3.8, 4) is 17.2 Å². The van der Waals surface area contributed by atoms with Crippen LogP contribution in [0.3, 0.4) is 0 Å². The van der Waals surface area contributed by atoms with E-state index in [1.54, 1.807) is 25.6 Å². The lowest BCUT2D eigenvalue weighted by molar-refractivity contribution is -0.0192. The standard InChI is InChI=1S/C22H19BrN2O3S/c1-26-19-11-13(10-15(23)21(19)27-2)22-25-17(14-6-3-4-7-18(14)28-22)12-16(24-25)20-8-5-9-29-20/h3-11,17,22H,12H2,1-2H3/t17-,22+/m1/s1. The Hall–Kier alpha value is -2.51. The van der Waals surface area contributed by atoms with E-state index in [0.717, 1.165) is 27.9 Å². The van der Waals surface area contributed by atoms with E-state index in [4.69, 9.17) is 19.3 Å². The fourth-order valence-corrected chi connectivity index (χ4v) is 5.27. The normalized spacial score (nSPS) is 19.8. The van der Waals surface area contributed by atoms with Gasteiger partial charge in [0.2, 0.25) is 6.23 Å². The molecule has 29 heavy (non-hydrogen) atoms. The molecular formula is C22H19BrN2O3S. The van der Waals surface area contributed by atoms with Crippen LogP contribution in [0.4, 0.5) is 0 Å². The van der Waals surface area contributed by atoms with Gasteiger partial charge in [0.25, 0.3) is 0 Å². The van der Waals surface area contributed by atoms with Crippen molar-refractivity contribution in [2.75, 3.05) is 14.2 Å². The molecule has 2 aliphatic heterocycles. The van der Waals surface area contributed by atoms with Gasteiger partial charge in [-0.1, -0.05) is 24.3 Å². The molecular weight excluding hydrogens is 452 g/mol. The molecule has 3 aromatic rings. The van der Waals surface area contributed by atoms with Gasteiger partial charge >= 0.3 is 0 Å². The molecule has 0 amide bonds. The molecule has 0 saturated heterocycles. The van der Waals surface area contributed by atoms with Crippen molar-refractivity contribution in [3.05, 3.63) is 74.4 Å². The first-order chi connectivity index (χ1) is 14.2. The molecule has 5 nitrogen and oxygen atoms in total. The van der Waals surface area contributed by atoms with Crippen LogP contribution in [0.2, 0.25) is 0 Å². The summed E-state index contributed by atoms with van der Waals surface area (Å²) in [5.74, 6) is 2.21. The molecule has 0 bridgehead atoms. The highest BCUT2D eigenvalue weighted by molar-refractivity contribution is 9.10. The minimum absolute atomic E-state index is 0.133. The van der Waals surface area contributed by atoms with Crippen molar-refractivity contribution in [1.82, 2.24) is 5.01 Å². The van der Waals surface area contributed by atoms with Crippen molar-refractivity contribution in [2.24, 2.45) is 5.10 Å². The van der Waals surface area contributed by atoms with Gasteiger partial charge in [0.05, 0.1) is 35.3 Å². The van der Waals surface area contributed by atoms with E-state index in [2.05, 4.69) is 50.6 Å². The van der Waals surface area contributed by atoms with E-state index < -0.39 is 0 Å². The molecule has 5 rings (SSSR count). The predicted octanol–water partition coefficient (Wildman–Crippen LogP) is 5.77. The van der Waals surface area contributed by atoms with E-state index >= 15 is 0 Å². The Bertz CT molecular complexity index is 1080. The number of hydrogen-bond acceptors (Lipinski definition) is 6. The molecule has 1 aromatic heterocycles.